The lowest BCUT2D eigenvalue weighted by atomic mass is 9.63. The number of hydrogen-bond donors (Lipinski definition) is 0. The Morgan fingerprint density at radius 2 is 1.61 bits per heavy atom. The molecule has 0 N–H and O–H groups in total. The molecule has 6 atom stereocenters. The van der Waals surface area contributed by atoms with E-state index in [0.717, 1.165) is 6.42 Å². The van der Waals surface area contributed by atoms with E-state index < -0.39 is 0 Å². The molecule has 4 fully saturated rings. The summed E-state index contributed by atoms with van der Waals surface area (Å²) in [6.45, 7) is 2.20. The van der Waals surface area contributed by atoms with Crippen LogP contribution in [-0.4, -0.2) is 48.9 Å². The molecule has 6 nitrogen and oxygen atoms in total. The number of anilines is 1. The molecule has 0 radical (unpaired) electrons. The smallest absolute Gasteiger partial charge is 0.254 e. The Kier molecular flexibility index (Phi) is 3.39. The Hall–Kier alpha value is -2.47. The van der Waals surface area contributed by atoms with Crippen LogP contribution in [0.15, 0.2) is 36.4 Å². The van der Waals surface area contributed by atoms with Gasteiger partial charge in [-0.2, -0.15) is 0 Å². The van der Waals surface area contributed by atoms with Crippen molar-refractivity contribution in [1.82, 2.24) is 4.90 Å². The zero-order chi connectivity index (χ0) is 19.0. The molecule has 2 heterocycles. The number of morpholine rings is 1. The summed E-state index contributed by atoms with van der Waals surface area (Å²) in [4.78, 5) is 42.4. The highest BCUT2D eigenvalue weighted by Gasteiger charge is 2.67. The van der Waals surface area contributed by atoms with Gasteiger partial charge < -0.3 is 9.64 Å². The fourth-order valence-electron chi connectivity index (χ4n) is 5.94. The van der Waals surface area contributed by atoms with Crippen LogP contribution in [0.2, 0.25) is 0 Å². The number of amides is 3. The number of benzene rings is 1. The van der Waals surface area contributed by atoms with Gasteiger partial charge in [-0.1, -0.05) is 18.2 Å². The van der Waals surface area contributed by atoms with Crippen molar-refractivity contribution >= 4 is 23.4 Å². The maximum atomic E-state index is 13.2. The van der Waals surface area contributed by atoms with Crippen LogP contribution in [0, 0.1) is 35.5 Å². The van der Waals surface area contributed by atoms with Crippen molar-refractivity contribution in [3.05, 3.63) is 42.0 Å². The van der Waals surface area contributed by atoms with Gasteiger partial charge in [-0.25, -0.2) is 4.90 Å². The number of allylic oxidation sites excluding steroid dienone is 2. The highest BCUT2D eigenvalue weighted by atomic mass is 16.5. The van der Waals surface area contributed by atoms with E-state index in [1.165, 1.54) is 4.90 Å². The molecule has 6 heteroatoms. The largest absolute Gasteiger partial charge is 0.378 e. The summed E-state index contributed by atoms with van der Waals surface area (Å²) in [5.41, 5.74) is 1.04. The fourth-order valence-corrected chi connectivity index (χ4v) is 5.94. The topological polar surface area (TPSA) is 66.9 Å². The summed E-state index contributed by atoms with van der Waals surface area (Å²) < 4.78 is 5.31. The Balaban J connectivity index is 1.31. The van der Waals surface area contributed by atoms with Gasteiger partial charge in [-0.15, -0.1) is 0 Å². The lowest BCUT2D eigenvalue weighted by molar-refractivity contribution is -0.124. The van der Waals surface area contributed by atoms with Crippen LogP contribution in [0.4, 0.5) is 5.69 Å². The maximum absolute atomic E-state index is 13.2. The number of ether oxygens (including phenoxy) is 1. The van der Waals surface area contributed by atoms with Gasteiger partial charge in [0.2, 0.25) is 11.8 Å². The van der Waals surface area contributed by atoms with E-state index in [0.29, 0.717) is 49.4 Å². The molecular formula is C22H22N2O4. The van der Waals surface area contributed by atoms with E-state index in [4.69, 9.17) is 4.74 Å². The number of rotatable bonds is 2. The van der Waals surface area contributed by atoms with Gasteiger partial charge in [0.25, 0.3) is 5.91 Å². The lowest BCUT2D eigenvalue weighted by Crippen LogP contribution is -2.40. The lowest BCUT2D eigenvalue weighted by Gasteiger charge is -2.37. The number of imide groups is 1. The van der Waals surface area contributed by atoms with Gasteiger partial charge >= 0.3 is 0 Å². The minimum absolute atomic E-state index is 0.0790. The van der Waals surface area contributed by atoms with Gasteiger partial charge in [-0.3, -0.25) is 14.4 Å². The van der Waals surface area contributed by atoms with Crippen molar-refractivity contribution in [2.24, 2.45) is 35.5 Å². The second kappa shape index (κ2) is 5.77. The SMILES string of the molecule is O=C(c1cccc(N2C(=O)[C@@H]3[C@H]4C=C[C@@H]([C@@H]5C[C@@H]45)[C@@H]3C2=O)c1)N1CCOCC1. The molecule has 6 aliphatic rings. The monoisotopic (exact) mass is 378 g/mol. The standard InChI is InChI=1S/C22H22N2O4/c25-20(23-6-8-28-9-7-23)12-2-1-3-13(10-12)24-21(26)18-14-4-5-15(17-11-16(14)17)19(18)22(24)27/h1-5,10,14-19H,6-9,11H2/t14-,15-,16-,17-,18-,19+/m0/s1. The van der Waals surface area contributed by atoms with Crippen molar-refractivity contribution in [3.63, 3.8) is 0 Å². The third kappa shape index (κ3) is 2.15. The third-order valence-electron chi connectivity index (χ3n) is 7.31. The van der Waals surface area contributed by atoms with Gasteiger partial charge in [0.1, 0.15) is 0 Å². The summed E-state index contributed by atoms with van der Waals surface area (Å²) in [7, 11) is 0. The predicted molar refractivity (Wildman–Crippen MR) is 100 cm³/mol. The highest BCUT2D eigenvalue weighted by molar-refractivity contribution is 6.23. The zero-order valence-corrected chi connectivity index (χ0v) is 15.5. The van der Waals surface area contributed by atoms with E-state index in [1.807, 2.05) is 0 Å². The zero-order valence-electron chi connectivity index (χ0n) is 15.5. The molecule has 0 aromatic heterocycles. The first-order valence-corrected chi connectivity index (χ1v) is 10.2. The first-order chi connectivity index (χ1) is 13.6. The Morgan fingerprint density at radius 3 is 2.25 bits per heavy atom. The first kappa shape index (κ1) is 16.5. The fraction of sp³-hybridized carbons (Fsp3) is 0.500. The molecule has 1 aromatic rings. The normalized spacial score (nSPS) is 37.9. The Morgan fingerprint density at radius 1 is 0.964 bits per heavy atom. The van der Waals surface area contributed by atoms with E-state index >= 15 is 0 Å². The van der Waals surface area contributed by atoms with Crippen molar-refractivity contribution in [1.29, 1.82) is 0 Å². The van der Waals surface area contributed by atoms with Crippen molar-refractivity contribution in [3.8, 4) is 0 Å². The quantitative estimate of drug-likeness (QED) is 0.581. The summed E-state index contributed by atoms with van der Waals surface area (Å²) >= 11 is 0. The highest BCUT2D eigenvalue weighted by Crippen LogP contribution is 2.65. The molecule has 3 amide bonds. The Labute approximate surface area is 163 Å². The van der Waals surface area contributed by atoms with Gasteiger partial charge in [0.05, 0.1) is 30.7 Å². The van der Waals surface area contributed by atoms with Crippen molar-refractivity contribution in [2.75, 3.05) is 31.2 Å². The molecule has 2 saturated heterocycles. The van der Waals surface area contributed by atoms with E-state index in [2.05, 4.69) is 12.2 Å². The van der Waals surface area contributed by atoms with Crippen LogP contribution in [0.5, 0.6) is 0 Å². The number of nitrogens with zero attached hydrogens (tertiary/aromatic N) is 2. The van der Waals surface area contributed by atoms with Gasteiger partial charge in [0, 0.05) is 18.7 Å². The molecule has 0 spiro atoms. The molecule has 0 unspecified atom stereocenters. The number of carbonyl (C=O) groups is 3. The number of carbonyl (C=O) groups excluding carboxylic acids is 3. The molecule has 2 bridgehead atoms. The van der Waals surface area contributed by atoms with E-state index in [1.54, 1.807) is 29.2 Å². The first-order valence-electron chi connectivity index (χ1n) is 10.2. The van der Waals surface area contributed by atoms with E-state index in [-0.39, 0.29) is 41.4 Å². The average Bonchev–Trinajstić information content (AvgIpc) is 3.52. The molecule has 7 rings (SSSR count). The van der Waals surface area contributed by atoms with Crippen LogP contribution >= 0.6 is 0 Å². The molecule has 2 saturated carbocycles. The van der Waals surface area contributed by atoms with Gasteiger partial charge in [0.15, 0.2) is 0 Å². The molecule has 144 valence electrons. The van der Waals surface area contributed by atoms with Crippen LogP contribution in [0.25, 0.3) is 0 Å². The molecule has 4 aliphatic carbocycles. The van der Waals surface area contributed by atoms with E-state index in [9.17, 15) is 14.4 Å². The summed E-state index contributed by atoms with van der Waals surface area (Å²) in [6, 6.07) is 6.97. The minimum atomic E-state index is -0.218. The minimum Gasteiger partial charge on any atom is -0.378 e. The number of hydrogen-bond acceptors (Lipinski definition) is 4. The summed E-state index contributed by atoms with van der Waals surface area (Å²) in [5, 5.41) is 0. The molecular weight excluding hydrogens is 356 g/mol. The van der Waals surface area contributed by atoms with Gasteiger partial charge in [-0.05, 0) is 48.3 Å². The van der Waals surface area contributed by atoms with Crippen LogP contribution in [-0.2, 0) is 14.3 Å². The average molecular weight is 378 g/mol. The second-order valence-corrected chi connectivity index (χ2v) is 8.62. The molecule has 1 aromatic carbocycles. The summed E-state index contributed by atoms with van der Waals surface area (Å²) in [5.74, 6) is 0.897. The Bertz CT molecular complexity index is 883. The second-order valence-electron chi connectivity index (χ2n) is 8.62. The van der Waals surface area contributed by atoms with Crippen LogP contribution in [0.3, 0.4) is 0 Å². The molecule has 28 heavy (non-hydrogen) atoms. The molecule has 2 aliphatic heterocycles. The maximum Gasteiger partial charge on any atom is 0.254 e. The third-order valence-corrected chi connectivity index (χ3v) is 7.31. The van der Waals surface area contributed by atoms with Crippen LogP contribution in [0.1, 0.15) is 16.8 Å². The van der Waals surface area contributed by atoms with Crippen LogP contribution < -0.4 is 4.90 Å². The summed E-state index contributed by atoms with van der Waals surface area (Å²) in [6.07, 6.45) is 5.50. The van der Waals surface area contributed by atoms with Crippen molar-refractivity contribution in [2.45, 2.75) is 6.42 Å². The predicted octanol–water partition coefficient (Wildman–Crippen LogP) is 1.72. The van der Waals surface area contributed by atoms with Crippen molar-refractivity contribution < 1.29 is 19.1 Å².